The van der Waals surface area contributed by atoms with Gasteiger partial charge < -0.3 is 14.5 Å². The lowest BCUT2D eigenvalue weighted by molar-refractivity contribution is -0.128. The smallest absolute Gasteiger partial charge is 0.246 e. The van der Waals surface area contributed by atoms with Gasteiger partial charge in [-0.25, -0.2) is 0 Å². The van der Waals surface area contributed by atoms with Gasteiger partial charge in [-0.1, -0.05) is 42.0 Å². The van der Waals surface area contributed by atoms with Crippen LogP contribution in [0.1, 0.15) is 29.5 Å². The summed E-state index contributed by atoms with van der Waals surface area (Å²) in [4.78, 5) is 16.9. The second-order valence-electron chi connectivity index (χ2n) is 7.66. The molecule has 0 spiro atoms. The molecule has 0 radical (unpaired) electrons. The van der Waals surface area contributed by atoms with Gasteiger partial charge in [-0.3, -0.25) is 4.79 Å². The average Bonchev–Trinajstić information content (AvgIpc) is 3.20. The molecule has 1 heterocycles. The van der Waals surface area contributed by atoms with Crippen LogP contribution >= 0.6 is 0 Å². The second kappa shape index (κ2) is 9.56. The van der Waals surface area contributed by atoms with Crippen LogP contribution in [0.3, 0.4) is 0 Å². The Labute approximate surface area is 168 Å². The van der Waals surface area contributed by atoms with Gasteiger partial charge in [0.15, 0.2) is 0 Å². The molecule has 0 saturated carbocycles. The van der Waals surface area contributed by atoms with Crippen molar-refractivity contribution in [1.29, 1.82) is 0 Å². The lowest BCUT2D eigenvalue weighted by atomic mass is 10.1. The maximum Gasteiger partial charge on any atom is 0.246 e. The standard InChI is InChI=1S/C24H30N2O2/c1-19-6-8-20(9-7-19)12-15-24(27)26(18-23-5-4-16-28-23)17-21-10-13-22(14-11-21)25(2)3/h6-15,23H,4-5,16-18H2,1-3H3/b15-12+. The van der Waals surface area contributed by atoms with Crippen LogP contribution in [0.25, 0.3) is 6.08 Å². The van der Waals surface area contributed by atoms with Crippen LogP contribution in [0.15, 0.2) is 54.6 Å². The molecule has 1 aliphatic rings. The highest BCUT2D eigenvalue weighted by molar-refractivity contribution is 5.91. The summed E-state index contributed by atoms with van der Waals surface area (Å²) >= 11 is 0. The SMILES string of the molecule is Cc1ccc(/C=C/C(=O)N(Cc2ccc(N(C)C)cc2)CC2CCCO2)cc1. The van der Waals surface area contributed by atoms with Crippen LogP contribution in [0.4, 0.5) is 5.69 Å². The summed E-state index contributed by atoms with van der Waals surface area (Å²) in [5.74, 6) is 0.0211. The number of carbonyl (C=O) groups is 1. The Balaban J connectivity index is 1.71. The molecule has 4 heteroatoms. The molecule has 0 aliphatic carbocycles. The predicted octanol–water partition coefficient (Wildman–Crippen LogP) is 4.28. The van der Waals surface area contributed by atoms with Crippen LogP contribution in [0, 0.1) is 6.92 Å². The predicted molar refractivity (Wildman–Crippen MR) is 115 cm³/mol. The number of ether oxygens (including phenoxy) is 1. The molecule has 1 unspecified atom stereocenters. The third kappa shape index (κ3) is 5.70. The van der Waals surface area contributed by atoms with Crippen molar-refractivity contribution in [1.82, 2.24) is 4.90 Å². The van der Waals surface area contributed by atoms with E-state index >= 15 is 0 Å². The Bertz CT molecular complexity index is 788. The molecule has 1 fully saturated rings. The number of rotatable bonds is 7. The number of aryl methyl sites for hydroxylation is 1. The van der Waals surface area contributed by atoms with Gasteiger partial charge in [0.05, 0.1) is 6.10 Å². The first kappa shape index (κ1) is 20.2. The Morgan fingerprint density at radius 2 is 1.82 bits per heavy atom. The molecular formula is C24H30N2O2. The van der Waals surface area contributed by atoms with E-state index in [1.54, 1.807) is 6.08 Å². The molecule has 4 nitrogen and oxygen atoms in total. The van der Waals surface area contributed by atoms with Crippen molar-refractivity contribution >= 4 is 17.7 Å². The highest BCUT2D eigenvalue weighted by Gasteiger charge is 2.21. The van der Waals surface area contributed by atoms with E-state index in [0.717, 1.165) is 36.3 Å². The number of hydrogen-bond acceptors (Lipinski definition) is 3. The number of anilines is 1. The molecule has 28 heavy (non-hydrogen) atoms. The molecule has 1 aliphatic heterocycles. The largest absolute Gasteiger partial charge is 0.378 e. The molecule has 1 saturated heterocycles. The Kier molecular flexibility index (Phi) is 6.88. The topological polar surface area (TPSA) is 32.8 Å². The van der Waals surface area contributed by atoms with Crippen LogP contribution < -0.4 is 4.90 Å². The fourth-order valence-electron chi connectivity index (χ4n) is 3.34. The highest BCUT2D eigenvalue weighted by atomic mass is 16.5. The van der Waals surface area contributed by atoms with Crippen molar-refractivity contribution < 1.29 is 9.53 Å². The van der Waals surface area contributed by atoms with E-state index in [1.165, 1.54) is 5.56 Å². The van der Waals surface area contributed by atoms with Crippen LogP contribution in [-0.4, -0.2) is 44.2 Å². The van der Waals surface area contributed by atoms with Crippen molar-refractivity contribution in [2.75, 3.05) is 32.1 Å². The number of carbonyl (C=O) groups excluding carboxylic acids is 1. The molecule has 0 aromatic heterocycles. The Hall–Kier alpha value is -2.59. The Morgan fingerprint density at radius 1 is 1.11 bits per heavy atom. The van der Waals surface area contributed by atoms with E-state index in [-0.39, 0.29) is 12.0 Å². The van der Waals surface area contributed by atoms with Gasteiger partial charge in [0.2, 0.25) is 5.91 Å². The molecule has 148 valence electrons. The normalized spacial score (nSPS) is 16.5. The van der Waals surface area contributed by atoms with Gasteiger partial charge in [-0.2, -0.15) is 0 Å². The van der Waals surface area contributed by atoms with Crippen molar-refractivity contribution in [2.24, 2.45) is 0 Å². The summed E-state index contributed by atoms with van der Waals surface area (Å²) in [7, 11) is 4.05. The summed E-state index contributed by atoms with van der Waals surface area (Å²) < 4.78 is 5.77. The van der Waals surface area contributed by atoms with Crippen LogP contribution in [0.2, 0.25) is 0 Å². The highest BCUT2D eigenvalue weighted by Crippen LogP contribution is 2.18. The number of hydrogen-bond donors (Lipinski definition) is 0. The van der Waals surface area contributed by atoms with Crippen molar-refractivity contribution in [3.8, 4) is 0 Å². The van der Waals surface area contributed by atoms with Crippen molar-refractivity contribution in [3.63, 3.8) is 0 Å². The van der Waals surface area contributed by atoms with Crippen LogP contribution in [-0.2, 0) is 16.1 Å². The van der Waals surface area contributed by atoms with Gasteiger partial charge >= 0.3 is 0 Å². The maximum absolute atomic E-state index is 12.9. The quantitative estimate of drug-likeness (QED) is 0.674. The van der Waals surface area contributed by atoms with Gasteiger partial charge in [0.1, 0.15) is 0 Å². The lowest BCUT2D eigenvalue weighted by Gasteiger charge is -2.25. The summed E-state index contributed by atoms with van der Waals surface area (Å²) in [6, 6.07) is 16.5. The van der Waals surface area contributed by atoms with Crippen molar-refractivity contribution in [3.05, 3.63) is 71.3 Å². The molecule has 1 atom stereocenters. The third-order valence-electron chi connectivity index (χ3n) is 5.08. The number of nitrogens with zero attached hydrogens (tertiary/aromatic N) is 2. The van der Waals surface area contributed by atoms with Gasteiger partial charge in [0.25, 0.3) is 0 Å². The monoisotopic (exact) mass is 378 g/mol. The maximum atomic E-state index is 12.9. The molecule has 3 rings (SSSR count). The summed E-state index contributed by atoms with van der Waals surface area (Å²) in [6.07, 6.45) is 5.79. The molecule has 0 bridgehead atoms. The molecule has 1 amide bonds. The first-order chi connectivity index (χ1) is 13.5. The zero-order valence-electron chi connectivity index (χ0n) is 17.1. The number of amides is 1. The second-order valence-corrected chi connectivity index (χ2v) is 7.66. The molecule has 2 aromatic carbocycles. The summed E-state index contributed by atoms with van der Waals surface area (Å²) in [6.45, 7) is 4.07. The van der Waals surface area contributed by atoms with E-state index in [2.05, 4.69) is 48.2 Å². The Morgan fingerprint density at radius 3 is 2.43 bits per heavy atom. The zero-order valence-corrected chi connectivity index (χ0v) is 17.1. The van der Waals surface area contributed by atoms with Crippen LogP contribution in [0.5, 0.6) is 0 Å². The first-order valence-corrected chi connectivity index (χ1v) is 9.93. The van der Waals surface area contributed by atoms with E-state index in [4.69, 9.17) is 4.74 Å². The van der Waals surface area contributed by atoms with E-state index in [1.807, 2.05) is 37.2 Å². The van der Waals surface area contributed by atoms with Crippen molar-refractivity contribution in [2.45, 2.75) is 32.4 Å². The average molecular weight is 379 g/mol. The third-order valence-corrected chi connectivity index (χ3v) is 5.08. The van der Waals surface area contributed by atoms with E-state index in [0.29, 0.717) is 13.1 Å². The first-order valence-electron chi connectivity index (χ1n) is 9.93. The van der Waals surface area contributed by atoms with Gasteiger partial charge in [-0.05, 0) is 49.1 Å². The van der Waals surface area contributed by atoms with Gasteiger partial charge in [0, 0.05) is 45.6 Å². The summed E-state index contributed by atoms with van der Waals surface area (Å²) in [5.41, 5.74) is 4.52. The number of benzene rings is 2. The molecule has 0 N–H and O–H groups in total. The van der Waals surface area contributed by atoms with E-state index < -0.39 is 0 Å². The zero-order chi connectivity index (χ0) is 19.9. The minimum Gasteiger partial charge on any atom is -0.378 e. The van der Waals surface area contributed by atoms with Gasteiger partial charge in [-0.15, -0.1) is 0 Å². The lowest BCUT2D eigenvalue weighted by Crippen LogP contribution is -2.35. The minimum absolute atomic E-state index is 0.0211. The molecule has 2 aromatic rings. The fraction of sp³-hybridized carbons (Fsp3) is 0.375. The minimum atomic E-state index is 0.0211. The fourth-order valence-corrected chi connectivity index (χ4v) is 3.34. The molecular weight excluding hydrogens is 348 g/mol. The van der Waals surface area contributed by atoms with E-state index in [9.17, 15) is 4.79 Å². The summed E-state index contributed by atoms with van der Waals surface area (Å²) in [5, 5.41) is 0.